The monoisotopic (exact) mass is 476 g/mol. The molecule has 1 aliphatic heterocycles. The number of nitro groups is 1. The Hall–Kier alpha value is -4.07. The smallest absolute Gasteiger partial charge is 0.269 e. The minimum Gasteiger partial charge on any atom is -0.493 e. The predicted molar refractivity (Wildman–Crippen MR) is 131 cm³/mol. The summed E-state index contributed by atoms with van der Waals surface area (Å²) in [6.07, 6.45) is 1.57. The van der Waals surface area contributed by atoms with E-state index in [9.17, 15) is 14.9 Å². The second-order valence-electron chi connectivity index (χ2n) is 8.28. The number of non-ortho nitro benzene ring substituents is 1. The number of carbonyl (C=O) groups is 1. The maximum absolute atomic E-state index is 13.5. The van der Waals surface area contributed by atoms with Crippen LogP contribution in [-0.4, -0.2) is 43.1 Å². The lowest BCUT2D eigenvalue weighted by Gasteiger charge is -2.37. The number of carbonyl (C=O) groups excluding carboxylic acids is 1. The lowest BCUT2D eigenvalue weighted by atomic mass is 9.91. The molecule has 0 spiro atoms. The molecule has 0 bridgehead atoms. The summed E-state index contributed by atoms with van der Waals surface area (Å²) < 4.78 is 17.1. The number of benzene rings is 3. The van der Waals surface area contributed by atoms with E-state index in [2.05, 4.69) is 6.92 Å². The summed E-state index contributed by atoms with van der Waals surface area (Å²) in [5.41, 5.74) is 3.53. The maximum Gasteiger partial charge on any atom is 0.269 e. The molecule has 0 saturated carbocycles. The summed E-state index contributed by atoms with van der Waals surface area (Å²) in [5, 5.41) is 11.0. The fraction of sp³-hybridized carbons (Fsp3) is 0.296. The van der Waals surface area contributed by atoms with Gasteiger partial charge in [0.15, 0.2) is 11.5 Å². The van der Waals surface area contributed by atoms with Crippen molar-refractivity contribution < 1.29 is 23.9 Å². The molecule has 0 radical (unpaired) electrons. The van der Waals surface area contributed by atoms with Gasteiger partial charge in [0.2, 0.25) is 0 Å². The molecule has 1 heterocycles. The van der Waals surface area contributed by atoms with Crippen molar-refractivity contribution in [1.82, 2.24) is 4.90 Å². The minimum atomic E-state index is -0.481. The third-order valence-corrected chi connectivity index (χ3v) is 6.33. The Morgan fingerprint density at radius 2 is 1.69 bits per heavy atom. The highest BCUT2D eigenvalue weighted by Gasteiger charge is 2.33. The Morgan fingerprint density at radius 1 is 1.03 bits per heavy atom. The molecular formula is C27H28N2O6. The molecule has 0 saturated heterocycles. The molecule has 1 atom stereocenters. The third kappa shape index (κ3) is 5.06. The lowest BCUT2D eigenvalue weighted by Crippen LogP contribution is -2.42. The number of fused-ring (bicyclic) bond motifs is 1. The molecule has 8 heteroatoms. The Morgan fingerprint density at radius 3 is 2.29 bits per heavy atom. The maximum atomic E-state index is 13.5. The van der Waals surface area contributed by atoms with E-state index < -0.39 is 4.92 Å². The van der Waals surface area contributed by atoms with Crippen LogP contribution in [0.5, 0.6) is 17.2 Å². The second-order valence-corrected chi connectivity index (χ2v) is 8.28. The van der Waals surface area contributed by atoms with Crippen molar-refractivity contribution in [1.29, 1.82) is 0 Å². The normalized spacial score (nSPS) is 14.7. The lowest BCUT2D eigenvalue weighted by molar-refractivity contribution is -0.384. The topological polar surface area (TPSA) is 91.1 Å². The first-order valence-electron chi connectivity index (χ1n) is 11.5. The van der Waals surface area contributed by atoms with E-state index in [4.69, 9.17) is 14.2 Å². The van der Waals surface area contributed by atoms with E-state index in [1.165, 1.54) is 29.8 Å². The molecule has 1 aliphatic rings. The second kappa shape index (κ2) is 10.5. The van der Waals surface area contributed by atoms with Crippen molar-refractivity contribution in [2.75, 3.05) is 27.4 Å². The molecule has 1 amide bonds. The van der Waals surface area contributed by atoms with Gasteiger partial charge in [-0.25, -0.2) is 0 Å². The third-order valence-electron chi connectivity index (χ3n) is 6.33. The SMILES string of the molecule is CCc1ccc(OCC2c3cc(OC)c(OC)cc3CCN2C(=O)c2ccc([N+](=O)[O-])cc2)cc1. The standard InChI is InChI=1S/C27H28N2O6/c1-4-18-5-11-22(12-6-18)35-17-24-23-16-26(34-3)25(33-2)15-20(23)13-14-28(24)27(30)19-7-9-21(10-8-19)29(31)32/h5-12,15-16,24H,4,13-14,17H2,1-3H3. The average Bonchev–Trinajstić information content (AvgIpc) is 2.90. The highest BCUT2D eigenvalue weighted by Crippen LogP contribution is 2.39. The molecule has 1 unspecified atom stereocenters. The van der Waals surface area contributed by atoms with Crippen LogP contribution in [0.1, 0.15) is 40.0 Å². The van der Waals surface area contributed by atoms with Crippen molar-refractivity contribution in [2.45, 2.75) is 25.8 Å². The largest absolute Gasteiger partial charge is 0.493 e. The molecule has 0 fully saturated rings. The zero-order valence-electron chi connectivity index (χ0n) is 20.0. The van der Waals surface area contributed by atoms with Gasteiger partial charge in [0.05, 0.1) is 25.2 Å². The Labute approximate surface area is 204 Å². The van der Waals surface area contributed by atoms with Gasteiger partial charge in [-0.1, -0.05) is 19.1 Å². The predicted octanol–water partition coefficient (Wildman–Crippen LogP) is 4.99. The Balaban J connectivity index is 1.67. The summed E-state index contributed by atoms with van der Waals surface area (Å²) in [4.78, 5) is 25.8. The summed E-state index contributed by atoms with van der Waals surface area (Å²) in [7, 11) is 3.17. The van der Waals surface area contributed by atoms with Crippen LogP contribution < -0.4 is 14.2 Å². The minimum absolute atomic E-state index is 0.0576. The van der Waals surface area contributed by atoms with Gasteiger partial charge in [-0.3, -0.25) is 14.9 Å². The van der Waals surface area contributed by atoms with Crippen molar-refractivity contribution in [2.24, 2.45) is 0 Å². The van der Waals surface area contributed by atoms with Crippen LogP contribution in [0.2, 0.25) is 0 Å². The molecule has 4 rings (SSSR count). The van der Waals surface area contributed by atoms with Crippen LogP contribution in [0.4, 0.5) is 5.69 Å². The number of aryl methyl sites for hydroxylation is 1. The molecular weight excluding hydrogens is 448 g/mol. The summed E-state index contributed by atoms with van der Waals surface area (Å²) in [5.74, 6) is 1.72. The van der Waals surface area contributed by atoms with Crippen molar-refractivity contribution in [3.05, 3.63) is 93.0 Å². The molecule has 3 aromatic carbocycles. The molecule has 182 valence electrons. The van der Waals surface area contributed by atoms with Gasteiger partial charge in [0.1, 0.15) is 12.4 Å². The number of nitrogens with zero attached hydrogens (tertiary/aromatic N) is 2. The van der Waals surface area contributed by atoms with E-state index >= 15 is 0 Å². The van der Waals surface area contributed by atoms with Crippen LogP contribution in [0.25, 0.3) is 0 Å². The van der Waals surface area contributed by atoms with E-state index in [0.29, 0.717) is 30.0 Å². The van der Waals surface area contributed by atoms with Gasteiger partial charge in [0, 0.05) is 24.2 Å². The van der Waals surface area contributed by atoms with Crippen molar-refractivity contribution in [3.63, 3.8) is 0 Å². The first-order chi connectivity index (χ1) is 16.9. The Kier molecular flexibility index (Phi) is 7.19. The van der Waals surface area contributed by atoms with Crippen LogP contribution >= 0.6 is 0 Å². The zero-order chi connectivity index (χ0) is 24.9. The summed E-state index contributed by atoms with van der Waals surface area (Å²) in [6.45, 7) is 2.81. The molecule has 35 heavy (non-hydrogen) atoms. The number of nitro benzene ring substituents is 1. The van der Waals surface area contributed by atoms with Crippen LogP contribution in [0.15, 0.2) is 60.7 Å². The fourth-order valence-electron chi connectivity index (χ4n) is 4.34. The van der Waals surface area contributed by atoms with E-state index in [0.717, 1.165) is 23.3 Å². The molecule has 0 aliphatic carbocycles. The summed E-state index contributed by atoms with van der Waals surface area (Å²) in [6, 6.07) is 17.1. The van der Waals surface area contributed by atoms with Gasteiger partial charge in [-0.2, -0.15) is 0 Å². The zero-order valence-corrected chi connectivity index (χ0v) is 20.0. The quantitative estimate of drug-likeness (QED) is 0.336. The molecule has 8 nitrogen and oxygen atoms in total. The fourth-order valence-corrected chi connectivity index (χ4v) is 4.34. The van der Waals surface area contributed by atoms with Crippen LogP contribution in [0.3, 0.4) is 0 Å². The summed E-state index contributed by atoms with van der Waals surface area (Å²) >= 11 is 0. The van der Waals surface area contributed by atoms with Gasteiger partial charge >= 0.3 is 0 Å². The van der Waals surface area contributed by atoms with Crippen molar-refractivity contribution >= 4 is 11.6 Å². The van der Waals surface area contributed by atoms with Crippen LogP contribution in [-0.2, 0) is 12.8 Å². The highest BCUT2D eigenvalue weighted by molar-refractivity contribution is 5.95. The van der Waals surface area contributed by atoms with Gasteiger partial charge < -0.3 is 19.1 Å². The first kappa shape index (κ1) is 24.1. The average molecular weight is 477 g/mol. The number of ether oxygens (including phenoxy) is 3. The number of rotatable bonds is 8. The Bertz CT molecular complexity index is 1210. The number of amides is 1. The first-order valence-corrected chi connectivity index (χ1v) is 11.5. The van der Waals surface area contributed by atoms with Crippen LogP contribution in [0, 0.1) is 10.1 Å². The molecule has 0 N–H and O–H groups in total. The van der Waals surface area contributed by atoms with E-state index in [1.807, 2.05) is 36.4 Å². The van der Waals surface area contributed by atoms with Gasteiger partial charge in [0.25, 0.3) is 11.6 Å². The van der Waals surface area contributed by atoms with E-state index in [1.54, 1.807) is 19.1 Å². The molecule has 0 aromatic heterocycles. The highest BCUT2D eigenvalue weighted by atomic mass is 16.6. The number of hydrogen-bond donors (Lipinski definition) is 0. The van der Waals surface area contributed by atoms with Gasteiger partial charge in [-0.15, -0.1) is 0 Å². The molecule has 3 aromatic rings. The van der Waals surface area contributed by atoms with Crippen molar-refractivity contribution in [3.8, 4) is 17.2 Å². The van der Waals surface area contributed by atoms with Gasteiger partial charge in [-0.05, 0) is 65.9 Å². The van der Waals surface area contributed by atoms with E-state index in [-0.39, 0.29) is 24.2 Å². The number of methoxy groups -OCH3 is 2. The number of hydrogen-bond acceptors (Lipinski definition) is 6.